The third-order valence-electron chi connectivity index (χ3n) is 3.32. The van der Waals surface area contributed by atoms with Gasteiger partial charge in [0.25, 0.3) is 0 Å². The average Bonchev–Trinajstić information content (AvgIpc) is 2.88. The van der Waals surface area contributed by atoms with Crippen molar-refractivity contribution in [3.63, 3.8) is 0 Å². The Morgan fingerprint density at radius 1 is 1.36 bits per heavy atom. The molecule has 3 N–H and O–H groups in total. The van der Waals surface area contributed by atoms with Gasteiger partial charge in [-0.3, -0.25) is 11.3 Å². The molecule has 0 amide bonds. The molecule has 82 valence electrons. The van der Waals surface area contributed by atoms with Crippen LogP contribution in [0, 0.1) is 11.8 Å². The lowest BCUT2D eigenvalue weighted by atomic mass is 9.97. The summed E-state index contributed by atoms with van der Waals surface area (Å²) < 4.78 is 22.5. The number of hydrazine groups is 1. The molecular formula is C9H18N2O2S. The van der Waals surface area contributed by atoms with Crippen LogP contribution in [0.25, 0.3) is 0 Å². The fourth-order valence-corrected chi connectivity index (χ4v) is 4.19. The maximum Gasteiger partial charge on any atom is 0.150 e. The first-order valence-electron chi connectivity index (χ1n) is 5.27. The Morgan fingerprint density at radius 2 is 2.07 bits per heavy atom. The van der Waals surface area contributed by atoms with E-state index in [9.17, 15) is 8.42 Å². The van der Waals surface area contributed by atoms with Crippen LogP contribution >= 0.6 is 0 Å². The summed E-state index contributed by atoms with van der Waals surface area (Å²) >= 11 is 0. The lowest BCUT2D eigenvalue weighted by Gasteiger charge is -2.18. The van der Waals surface area contributed by atoms with Gasteiger partial charge in [0, 0.05) is 6.04 Å². The number of sulfone groups is 1. The second-order valence-corrected chi connectivity index (χ2v) is 6.84. The van der Waals surface area contributed by atoms with Gasteiger partial charge in [-0.2, -0.15) is 0 Å². The van der Waals surface area contributed by atoms with Gasteiger partial charge in [0.05, 0.1) is 11.5 Å². The second kappa shape index (κ2) is 3.79. The fraction of sp³-hybridized carbons (Fsp3) is 1.00. The van der Waals surface area contributed by atoms with E-state index in [-0.39, 0.29) is 0 Å². The minimum Gasteiger partial charge on any atom is -0.271 e. The van der Waals surface area contributed by atoms with Crippen LogP contribution in [0.15, 0.2) is 0 Å². The maximum atomic E-state index is 11.2. The molecule has 4 nitrogen and oxygen atoms in total. The Morgan fingerprint density at radius 3 is 2.50 bits per heavy atom. The summed E-state index contributed by atoms with van der Waals surface area (Å²) in [5.74, 6) is 7.24. The highest BCUT2D eigenvalue weighted by atomic mass is 32.2. The minimum atomic E-state index is -2.72. The minimum absolute atomic E-state index is 0.335. The predicted molar refractivity (Wildman–Crippen MR) is 55.2 cm³/mol. The summed E-state index contributed by atoms with van der Waals surface area (Å²) in [5, 5.41) is 0. The molecule has 0 aromatic rings. The van der Waals surface area contributed by atoms with E-state index in [1.165, 1.54) is 12.8 Å². The van der Waals surface area contributed by atoms with E-state index in [2.05, 4.69) is 5.43 Å². The fourth-order valence-electron chi connectivity index (χ4n) is 2.31. The number of hydrogen-bond donors (Lipinski definition) is 2. The maximum absolute atomic E-state index is 11.2. The summed E-state index contributed by atoms with van der Waals surface area (Å²) in [4.78, 5) is 0. The van der Waals surface area contributed by atoms with Crippen LogP contribution in [0.3, 0.4) is 0 Å². The summed E-state index contributed by atoms with van der Waals surface area (Å²) in [6, 6.07) is 0.341. The largest absolute Gasteiger partial charge is 0.271 e. The average molecular weight is 218 g/mol. The van der Waals surface area contributed by atoms with Crippen LogP contribution < -0.4 is 11.3 Å². The van der Waals surface area contributed by atoms with Crippen molar-refractivity contribution in [1.29, 1.82) is 0 Å². The van der Waals surface area contributed by atoms with Gasteiger partial charge in [-0.1, -0.05) is 0 Å². The van der Waals surface area contributed by atoms with Gasteiger partial charge in [0.1, 0.15) is 0 Å². The first kappa shape index (κ1) is 10.4. The van der Waals surface area contributed by atoms with Crippen LogP contribution in [0.4, 0.5) is 0 Å². The molecule has 1 saturated heterocycles. The first-order chi connectivity index (χ1) is 6.61. The van der Waals surface area contributed by atoms with Crippen molar-refractivity contribution < 1.29 is 8.42 Å². The number of nitrogens with one attached hydrogen (secondary N) is 1. The standard InChI is InChI=1S/C9H18N2O2S/c10-11-9(8-1-2-8)5-7-3-4-14(12,13)6-7/h7-9,11H,1-6,10H2. The number of nitrogens with two attached hydrogens (primary N) is 1. The molecule has 2 unspecified atom stereocenters. The van der Waals surface area contributed by atoms with Crippen LogP contribution in [0.5, 0.6) is 0 Å². The molecule has 0 aromatic carbocycles. The Balaban J connectivity index is 1.85. The monoisotopic (exact) mass is 218 g/mol. The highest BCUT2D eigenvalue weighted by molar-refractivity contribution is 7.91. The van der Waals surface area contributed by atoms with E-state index in [1.807, 2.05) is 0 Å². The van der Waals surface area contributed by atoms with Gasteiger partial charge < -0.3 is 0 Å². The molecule has 0 radical (unpaired) electrons. The zero-order chi connectivity index (χ0) is 10.2. The van der Waals surface area contributed by atoms with Gasteiger partial charge in [0.15, 0.2) is 9.84 Å². The molecule has 1 heterocycles. The highest BCUT2D eigenvalue weighted by Gasteiger charge is 2.35. The molecule has 2 rings (SSSR count). The molecule has 1 saturated carbocycles. The third kappa shape index (κ3) is 2.46. The second-order valence-electron chi connectivity index (χ2n) is 4.62. The summed E-state index contributed by atoms with van der Waals surface area (Å²) in [5.41, 5.74) is 2.82. The van der Waals surface area contributed by atoms with Crippen molar-refractivity contribution in [1.82, 2.24) is 5.43 Å². The van der Waals surface area contributed by atoms with Gasteiger partial charge in [-0.25, -0.2) is 8.42 Å². The molecule has 0 spiro atoms. The lowest BCUT2D eigenvalue weighted by molar-refractivity contribution is 0.378. The predicted octanol–water partition coefficient (Wildman–Crippen LogP) is 0.0531. The molecule has 0 aromatic heterocycles. The molecule has 1 aliphatic heterocycles. The third-order valence-corrected chi connectivity index (χ3v) is 5.16. The van der Waals surface area contributed by atoms with E-state index in [1.54, 1.807) is 0 Å². The van der Waals surface area contributed by atoms with Crippen molar-refractivity contribution in [3.05, 3.63) is 0 Å². The van der Waals surface area contributed by atoms with E-state index in [0.717, 1.165) is 12.8 Å². The molecule has 5 heteroatoms. The van der Waals surface area contributed by atoms with E-state index < -0.39 is 9.84 Å². The lowest BCUT2D eigenvalue weighted by Crippen LogP contribution is -2.38. The van der Waals surface area contributed by atoms with Gasteiger partial charge in [-0.05, 0) is 37.5 Å². The molecule has 2 atom stereocenters. The van der Waals surface area contributed by atoms with Gasteiger partial charge in [-0.15, -0.1) is 0 Å². The molecule has 0 bridgehead atoms. The van der Waals surface area contributed by atoms with Crippen molar-refractivity contribution in [2.24, 2.45) is 17.7 Å². The normalized spacial score (nSPS) is 33.1. The molecule has 14 heavy (non-hydrogen) atoms. The zero-order valence-electron chi connectivity index (χ0n) is 8.28. The summed E-state index contributed by atoms with van der Waals surface area (Å²) in [6.07, 6.45) is 4.25. The van der Waals surface area contributed by atoms with Crippen LogP contribution in [0.1, 0.15) is 25.7 Å². The van der Waals surface area contributed by atoms with Crippen molar-refractivity contribution in [3.8, 4) is 0 Å². The smallest absolute Gasteiger partial charge is 0.150 e. The Hall–Kier alpha value is -0.130. The topological polar surface area (TPSA) is 72.2 Å². The SMILES string of the molecule is NNC(CC1CCS(=O)(=O)C1)C1CC1. The molecule has 2 fully saturated rings. The number of rotatable bonds is 4. The molecular weight excluding hydrogens is 200 g/mol. The van der Waals surface area contributed by atoms with E-state index in [4.69, 9.17) is 5.84 Å². The van der Waals surface area contributed by atoms with E-state index >= 15 is 0 Å². The van der Waals surface area contributed by atoms with Crippen molar-refractivity contribution >= 4 is 9.84 Å². The Kier molecular flexibility index (Phi) is 2.81. The van der Waals surface area contributed by atoms with E-state index in [0.29, 0.717) is 29.4 Å². The summed E-state index contributed by atoms with van der Waals surface area (Å²) in [7, 11) is -2.72. The Labute approximate surface area is 85.1 Å². The van der Waals surface area contributed by atoms with Gasteiger partial charge >= 0.3 is 0 Å². The van der Waals surface area contributed by atoms with Gasteiger partial charge in [0.2, 0.25) is 0 Å². The zero-order valence-corrected chi connectivity index (χ0v) is 9.09. The molecule has 1 aliphatic carbocycles. The van der Waals surface area contributed by atoms with Crippen molar-refractivity contribution in [2.75, 3.05) is 11.5 Å². The number of hydrogen-bond acceptors (Lipinski definition) is 4. The summed E-state index contributed by atoms with van der Waals surface area (Å²) in [6.45, 7) is 0. The molecule has 2 aliphatic rings. The van der Waals surface area contributed by atoms with Crippen LogP contribution in [-0.2, 0) is 9.84 Å². The Bertz CT molecular complexity index is 298. The quantitative estimate of drug-likeness (QED) is 0.517. The first-order valence-corrected chi connectivity index (χ1v) is 7.09. The van der Waals surface area contributed by atoms with Crippen LogP contribution in [-0.4, -0.2) is 26.0 Å². The highest BCUT2D eigenvalue weighted by Crippen LogP contribution is 2.36. The van der Waals surface area contributed by atoms with Crippen molar-refractivity contribution in [2.45, 2.75) is 31.7 Å². The van der Waals surface area contributed by atoms with Crippen LogP contribution in [0.2, 0.25) is 0 Å².